The molecule has 1 saturated carbocycles. The van der Waals surface area contributed by atoms with Gasteiger partial charge in [0.2, 0.25) is 0 Å². The molecule has 0 aromatic heterocycles. The summed E-state index contributed by atoms with van der Waals surface area (Å²) in [7, 11) is 0. The first-order valence-corrected chi connectivity index (χ1v) is 7.90. The monoisotopic (exact) mass is 259 g/mol. The number of aryl methyl sites for hydroxylation is 1. The van der Waals surface area contributed by atoms with Crippen LogP contribution in [-0.4, -0.2) is 6.54 Å². The third-order valence-electron chi connectivity index (χ3n) is 4.57. The fourth-order valence-corrected chi connectivity index (χ4v) is 3.06. The minimum atomic E-state index is 0.522. The maximum absolute atomic E-state index is 3.68. The van der Waals surface area contributed by atoms with Gasteiger partial charge in [0.05, 0.1) is 0 Å². The lowest BCUT2D eigenvalue weighted by Crippen LogP contribution is -2.24. The molecule has 1 aliphatic carbocycles. The molecule has 0 amide bonds. The van der Waals surface area contributed by atoms with E-state index in [2.05, 4.69) is 57.3 Å². The number of hydrogen-bond acceptors (Lipinski definition) is 1. The smallest absolute Gasteiger partial charge is 0.0353 e. The van der Waals surface area contributed by atoms with Gasteiger partial charge in [-0.2, -0.15) is 0 Å². The number of unbranched alkanes of at least 4 members (excludes halogenated alkanes) is 1. The average molecular weight is 259 g/mol. The van der Waals surface area contributed by atoms with Crippen LogP contribution in [0.3, 0.4) is 0 Å². The van der Waals surface area contributed by atoms with Gasteiger partial charge in [0, 0.05) is 6.04 Å². The summed E-state index contributed by atoms with van der Waals surface area (Å²) in [5, 5.41) is 3.68. The van der Waals surface area contributed by atoms with E-state index in [9.17, 15) is 0 Å². The van der Waals surface area contributed by atoms with E-state index in [0.29, 0.717) is 11.5 Å². The highest BCUT2D eigenvalue weighted by atomic mass is 14.9. The molecule has 1 aromatic carbocycles. The second-order valence-electron chi connectivity index (χ2n) is 6.68. The maximum Gasteiger partial charge on any atom is 0.0353 e. The Bertz CT molecular complexity index is 391. The Morgan fingerprint density at radius 1 is 1.21 bits per heavy atom. The van der Waals surface area contributed by atoms with Gasteiger partial charge in [-0.25, -0.2) is 0 Å². The van der Waals surface area contributed by atoms with Gasteiger partial charge < -0.3 is 5.32 Å². The summed E-state index contributed by atoms with van der Waals surface area (Å²) in [4.78, 5) is 0. The van der Waals surface area contributed by atoms with Crippen LogP contribution in [0, 0.1) is 11.3 Å². The zero-order valence-electron chi connectivity index (χ0n) is 13.0. The van der Waals surface area contributed by atoms with Crippen molar-refractivity contribution in [1.82, 2.24) is 5.32 Å². The lowest BCUT2D eigenvalue weighted by Gasteiger charge is -2.20. The standard InChI is InChI=1S/C18H29N/c1-5-7-8-14-9-11-15(12-10-14)17(19-6-2)16-13-18(16,3)4/h9-12,16-17,19H,5-8,13H2,1-4H3. The topological polar surface area (TPSA) is 12.0 Å². The summed E-state index contributed by atoms with van der Waals surface area (Å²) < 4.78 is 0. The molecular formula is C18H29N. The van der Waals surface area contributed by atoms with E-state index in [-0.39, 0.29) is 0 Å². The molecule has 106 valence electrons. The van der Waals surface area contributed by atoms with E-state index >= 15 is 0 Å². The maximum atomic E-state index is 3.68. The second-order valence-corrected chi connectivity index (χ2v) is 6.68. The zero-order valence-corrected chi connectivity index (χ0v) is 13.0. The van der Waals surface area contributed by atoms with Crippen molar-refractivity contribution in [2.75, 3.05) is 6.54 Å². The lowest BCUT2D eigenvalue weighted by molar-refractivity contribution is 0.423. The van der Waals surface area contributed by atoms with Gasteiger partial charge in [-0.05, 0) is 48.3 Å². The van der Waals surface area contributed by atoms with Crippen molar-refractivity contribution in [3.63, 3.8) is 0 Å². The third-order valence-corrected chi connectivity index (χ3v) is 4.57. The van der Waals surface area contributed by atoms with Gasteiger partial charge in [0.25, 0.3) is 0 Å². The molecule has 0 spiro atoms. The molecule has 2 atom stereocenters. The molecular weight excluding hydrogens is 230 g/mol. The fourth-order valence-electron chi connectivity index (χ4n) is 3.06. The largest absolute Gasteiger partial charge is 0.310 e. The summed E-state index contributed by atoms with van der Waals surface area (Å²) in [5.74, 6) is 0.800. The van der Waals surface area contributed by atoms with Gasteiger partial charge in [0.15, 0.2) is 0 Å². The molecule has 2 rings (SSSR count). The van der Waals surface area contributed by atoms with E-state index in [4.69, 9.17) is 0 Å². The first-order chi connectivity index (χ1) is 9.08. The first kappa shape index (κ1) is 14.6. The van der Waals surface area contributed by atoms with Crippen molar-refractivity contribution >= 4 is 0 Å². The highest BCUT2D eigenvalue weighted by Gasteiger charge is 2.50. The minimum absolute atomic E-state index is 0.522. The quantitative estimate of drug-likeness (QED) is 0.746. The predicted molar refractivity (Wildman–Crippen MR) is 83.4 cm³/mol. The Kier molecular flexibility index (Phi) is 4.67. The highest BCUT2D eigenvalue weighted by molar-refractivity contribution is 5.27. The van der Waals surface area contributed by atoms with E-state index in [1.807, 2.05) is 0 Å². The van der Waals surface area contributed by atoms with Crippen molar-refractivity contribution in [2.24, 2.45) is 11.3 Å². The van der Waals surface area contributed by atoms with Crippen LogP contribution in [0.1, 0.15) is 64.1 Å². The minimum Gasteiger partial charge on any atom is -0.310 e. The van der Waals surface area contributed by atoms with Crippen LogP contribution in [0.2, 0.25) is 0 Å². The number of nitrogens with one attached hydrogen (secondary N) is 1. The van der Waals surface area contributed by atoms with Gasteiger partial charge in [-0.1, -0.05) is 58.4 Å². The first-order valence-electron chi connectivity index (χ1n) is 7.90. The van der Waals surface area contributed by atoms with Crippen LogP contribution in [0.25, 0.3) is 0 Å². The van der Waals surface area contributed by atoms with E-state index in [1.54, 1.807) is 0 Å². The predicted octanol–water partition coefficient (Wildman–Crippen LogP) is 4.73. The van der Waals surface area contributed by atoms with Gasteiger partial charge in [0.1, 0.15) is 0 Å². The molecule has 0 radical (unpaired) electrons. The molecule has 1 fully saturated rings. The van der Waals surface area contributed by atoms with Crippen LogP contribution in [0.15, 0.2) is 24.3 Å². The Morgan fingerprint density at radius 2 is 1.84 bits per heavy atom. The molecule has 0 bridgehead atoms. The van der Waals surface area contributed by atoms with Gasteiger partial charge >= 0.3 is 0 Å². The zero-order chi connectivity index (χ0) is 13.9. The fraction of sp³-hybridized carbons (Fsp3) is 0.667. The lowest BCUT2D eigenvalue weighted by atomic mass is 9.95. The summed E-state index contributed by atoms with van der Waals surface area (Å²) in [6, 6.07) is 9.87. The molecule has 19 heavy (non-hydrogen) atoms. The molecule has 1 nitrogen and oxygen atoms in total. The van der Waals surface area contributed by atoms with E-state index < -0.39 is 0 Å². The normalized spacial score (nSPS) is 22.2. The van der Waals surface area contributed by atoms with E-state index in [1.165, 1.54) is 36.8 Å². The average Bonchev–Trinajstić information content (AvgIpc) is 3.03. The highest BCUT2D eigenvalue weighted by Crippen LogP contribution is 2.57. The Labute approximate surface area is 118 Å². The SMILES string of the molecule is CCCCc1ccc(C(NCC)C2CC2(C)C)cc1. The van der Waals surface area contributed by atoms with E-state index in [0.717, 1.165) is 12.5 Å². The Morgan fingerprint density at radius 3 is 2.32 bits per heavy atom. The molecule has 1 aromatic rings. The van der Waals surface area contributed by atoms with Crippen LogP contribution >= 0.6 is 0 Å². The van der Waals surface area contributed by atoms with Crippen molar-refractivity contribution in [2.45, 2.75) is 59.4 Å². The number of hydrogen-bond donors (Lipinski definition) is 1. The molecule has 0 aliphatic heterocycles. The van der Waals surface area contributed by atoms with Crippen LogP contribution in [-0.2, 0) is 6.42 Å². The van der Waals surface area contributed by atoms with Gasteiger partial charge in [-0.3, -0.25) is 0 Å². The summed E-state index contributed by atoms with van der Waals surface area (Å²) in [6.45, 7) is 10.3. The number of benzene rings is 1. The Balaban J connectivity index is 2.05. The van der Waals surface area contributed by atoms with Crippen molar-refractivity contribution in [3.05, 3.63) is 35.4 Å². The summed E-state index contributed by atoms with van der Waals surface area (Å²) >= 11 is 0. The molecule has 1 heteroatoms. The van der Waals surface area contributed by atoms with Gasteiger partial charge in [-0.15, -0.1) is 0 Å². The molecule has 0 saturated heterocycles. The third kappa shape index (κ3) is 3.60. The van der Waals surface area contributed by atoms with Crippen LogP contribution < -0.4 is 5.32 Å². The second kappa shape index (κ2) is 6.09. The summed E-state index contributed by atoms with van der Waals surface area (Å²) in [5.41, 5.74) is 3.47. The van der Waals surface area contributed by atoms with Crippen molar-refractivity contribution < 1.29 is 0 Å². The number of rotatable bonds is 7. The molecule has 2 unspecified atom stereocenters. The molecule has 1 N–H and O–H groups in total. The van der Waals surface area contributed by atoms with Crippen LogP contribution in [0.5, 0.6) is 0 Å². The molecule has 1 aliphatic rings. The Hall–Kier alpha value is -0.820. The molecule has 0 heterocycles. The summed E-state index contributed by atoms with van der Waals surface area (Å²) in [6.07, 6.45) is 5.14. The van der Waals surface area contributed by atoms with Crippen molar-refractivity contribution in [3.8, 4) is 0 Å². The van der Waals surface area contributed by atoms with Crippen molar-refractivity contribution in [1.29, 1.82) is 0 Å². The van der Waals surface area contributed by atoms with Crippen LogP contribution in [0.4, 0.5) is 0 Å².